The van der Waals surface area contributed by atoms with Crippen LogP contribution in [0.25, 0.3) is 89.1 Å². The lowest BCUT2D eigenvalue weighted by atomic mass is 9.93. The molecule has 0 saturated carbocycles. The van der Waals surface area contributed by atoms with E-state index in [1.165, 1.54) is 38.2 Å². The summed E-state index contributed by atoms with van der Waals surface area (Å²) in [6.45, 7) is 0. The molecule has 0 radical (unpaired) electrons. The van der Waals surface area contributed by atoms with Gasteiger partial charge in [-0.3, -0.25) is 0 Å². The van der Waals surface area contributed by atoms with Crippen LogP contribution in [0.3, 0.4) is 0 Å². The Labute approximate surface area is 291 Å². The molecule has 0 aliphatic rings. The van der Waals surface area contributed by atoms with E-state index in [4.69, 9.17) is 15.0 Å². The highest BCUT2D eigenvalue weighted by atomic mass is 15.0. The molecule has 9 aromatic rings. The molecule has 0 saturated heterocycles. The predicted octanol–water partition coefficient (Wildman–Crippen LogP) is 12.2. The van der Waals surface area contributed by atoms with Gasteiger partial charge in [-0.05, 0) is 61.0 Å². The van der Waals surface area contributed by atoms with Crippen molar-refractivity contribution >= 4 is 21.5 Å². The quantitative estimate of drug-likeness (QED) is 0.170. The second-order valence-electron chi connectivity index (χ2n) is 12.5. The zero-order valence-electron chi connectivity index (χ0n) is 27.2. The Morgan fingerprint density at radius 3 is 1.10 bits per heavy atom. The number of fused-ring (bicyclic) bond motifs is 3. The highest BCUT2D eigenvalue weighted by molar-refractivity contribution is 6.13. The topological polar surface area (TPSA) is 38.7 Å². The van der Waals surface area contributed by atoms with E-state index in [9.17, 15) is 0 Å². The van der Waals surface area contributed by atoms with Gasteiger partial charge in [0, 0.05) is 16.7 Å². The lowest BCUT2D eigenvalue weighted by molar-refractivity contribution is 1.07. The van der Waals surface area contributed by atoms with E-state index in [1.54, 1.807) is 0 Å². The summed E-state index contributed by atoms with van der Waals surface area (Å²) in [5, 5.41) is 5.00. The van der Waals surface area contributed by atoms with Gasteiger partial charge in [-0.2, -0.15) is 0 Å². The summed E-state index contributed by atoms with van der Waals surface area (Å²) in [6, 6.07) is 65.9. The van der Waals surface area contributed by atoms with E-state index >= 15 is 0 Å². The molecule has 0 bridgehead atoms. The van der Waals surface area contributed by atoms with Gasteiger partial charge in [-0.15, -0.1) is 0 Å². The SMILES string of the molecule is c1ccc(-c2ccc(-c3ccc(-c4nc(-c5ccccc5)nc(-c5ccc(-c6cc7ccccc7c7ccccc67)cc5)n4)cc3)cc2)cc1. The van der Waals surface area contributed by atoms with Crippen LogP contribution in [0.2, 0.25) is 0 Å². The molecule has 0 aliphatic heterocycles. The lowest BCUT2D eigenvalue weighted by Gasteiger charge is -2.12. The molecule has 0 aliphatic carbocycles. The van der Waals surface area contributed by atoms with Gasteiger partial charge < -0.3 is 0 Å². The van der Waals surface area contributed by atoms with Crippen LogP contribution in [0.15, 0.2) is 188 Å². The second-order valence-corrected chi connectivity index (χ2v) is 12.5. The van der Waals surface area contributed by atoms with Crippen LogP contribution >= 0.6 is 0 Å². The first-order valence-corrected chi connectivity index (χ1v) is 16.9. The molecular weight excluding hydrogens is 607 g/mol. The van der Waals surface area contributed by atoms with Gasteiger partial charge in [-0.1, -0.05) is 182 Å². The minimum atomic E-state index is 0.643. The maximum absolute atomic E-state index is 5.02. The molecule has 9 rings (SSSR count). The van der Waals surface area contributed by atoms with Crippen LogP contribution in [0, 0.1) is 0 Å². The summed E-state index contributed by atoms with van der Waals surface area (Å²) in [5.41, 5.74) is 9.92. The molecule has 3 heteroatoms. The van der Waals surface area contributed by atoms with Gasteiger partial charge in [0.1, 0.15) is 0 Å². The van der Waals surface area contributed by atoms with Crippen LogP contribution in [-0.4, -0.2) is 15.0 Å². The van der Waals surface area contributed by atoms with E-state index in [0.29, 0.717) is 17.5 Å². The van der Waals surface area contributed by atoms with E-state index in [1.807, 2.05) is 36.4 Å². The molecule has 1 aromatic heterocycles. The van der Waals surface area contributed by atoms with Crippen LogP contribution in [0.5, 0.6) is 0 Å². The van der Waals surface area contributed by atoms with Gasteiger partial charge in [-0.25, -0.2) is 15.0 Å². The molecule has 0 fully saturated rings. The van der Waals surface area contributed by atoms with Crippen LogP contribution in [-0.2, 0) is 0 Å². The first-order valence-electron chi connectivity index (χ1n) is 16.9. The first-order chi connectivity index (χ1) is 24.8. The van der Waals surface area contributed by atoms with Crippen molar-refractivity contribution in [3.63, 3.8) is 0 Å². The summed E-state index contributed by atoms with van der Waals surface area (Å²) in [5.74, 6) is 1.93. The second kappa shape index (κ2) is 12.7. The molecule has 0 amide bonds. The highest BCUT2D eigenvalue weighted by Crippen LogP contribution is 2.36. The van der Waals surface area contributed by atoms with Crippen molar-refractivity contribution in [2.24, 2.45) is 0 Å². The number of hydrogen-bond acceptors (Lipinski definition) is 3. The average Bonchev–Trinajstić information content (AvgIpc) is 3.21. The number of aromatic nitrogens is 3. The summed E-state index contributed by atoms with van der Waals surface area (Å²) in [7, 11) is 0. The van der Waals surface area contributed by atoms with E-state index in [2.05, 4.69) is 152 Å². The minimum Gasteiger partial charge on any atom is -0.208 e. The van der Waals surface area contributed by atoms with Crippen molar-refractivity contribution in [1.82, 2.24) is 15.0 Å². The monoisotopic (exact) mass is 637 g/mol. The van der Waals surface area contributed by atoms with Crippen LogP contribution < -0.4 is 0 Å². The third kappa shape index (κ3) is 5.61. The van der Waals surface area contributed by atoms with E-state index in [0.717, 1.165) is 33.4 Å². The smallest absolute Gasteiger partial charge is 0.164 e. The molecule has 234 valence electrons. The Bertz CT molecular complexity index is 2590. The lowest BCUT2D eigenvalue weighted by Crippen LogP contribution is -2.00. The van der Waals surface area contributed by atoms with Crippen molar-refractivity contribution in [1.29, 1.82) is 0 Å². The van der Waals surface area contributed by atoms with Gasteiger partial charge in [0.2, 0.25) is 0 Å². The standard InChI is InChI=1S/C47H31N3/c1-3-11-32(12-4-1)33-19-21-34(22-20-33)35-23-27-38(28-24-35)46-48-45(37-13-5-2-6-14-37)49-47(50-46)39-29-25-36(26-30-39)44-31-40-15-7-8-16-41(40)42-17-9-10-18-43(42)44/h1-31H. The van der Waals surface area contributed by atoms with Gasteiger partial charge in [0.05, 0.1) is 0 Å². The Kier molecular flexibility index (Phi) is 7.49. The summed E-state index contributed by atoms with van der Waals surface area (Å²) < 4.78 is 0. The fourth-order valence-electron chi connectivity index (χ4n) is 6.74. The number of nitrogens with zero attached hydrogens (tertiary/aromatic N) is 3. The molecule has 3 nitrogen and oxygen atoms in total. The fourth-order valence-corrected chi connectivity index (χ4v) is 6.74. The zero-order valence-corrected chi connectivity index (χ0v) is 27.2. The molecule has 50 heavy (non-hydrogen) atoms. The largest absolute Gasteiger partial charge is 0.208 e. The van der Waals surface area contributed by atoms with Crippen molar-refractivity contribution in [3.8, 4) is 67.5 Å². The summed E-state index contributed by atoms with van der Waals surface area (Å²) >= 11 is 0. The van der Waals surface area contributed by atoms with E-state index in [-0.39, 0.29) is 0 Å². The summed E-state index contributed by atoms with van der Waals surface area (Å²) in [4.78, 5) is 14.9. The van der Waals surface area contributed by atoms with Gasteiger partial charge in [0.25, 0.3) is 0 Å². The van der Waals surface area contributed by atoms with Gasteiger partial charge >= 0.3 is 0 Å². The molecule has 8 aromatic carbocycles. The Morgan fingerprint density at radius 1 is 0.240 bits per heavy atom. The van der Waals surface area contributed by atoms with Crippen molar-refractivity contribution in [2.45, 2.75) is 0 Å². The third-order valence-electron chi connectivity index (χ3n) is 9.36. The predicted molar refractivity (Wildman–Crippen MR) is 207 cm³/mol. The maximum Gasteiger partial charge on any atom is 0.164 e. The van der Waals surface area contributed by atoms with Crippen LogP contribution in [0.4, 0.5) is 0 Å². The number of hydrogen-bond donors (Lipinski definition) is 0. The molecular formula is C47H31N3. The molecule has 1 heterocycles. The van der Waals surface area contributed by atoms with Crippen molar-refractivity contribution in [3.05, 3.63) is 188 Å². The van der Waals surface area contributed by atoms with Gasteiger partial charge in [0.15, 0.2) is 17.5 Å². The zero-order chi connectivity index (χ0) is 33.3. The average molecular weight is 638 g/mol. The highest BCUT2D eigenvalue weighted by Gasteiger charge is 2.14. The number of rotatable bonds is 6. The molecule has 0 N–H and O–H groups in total. The minimum absolute atomic E-state index is 0.643. The normalized spacial score (nSPS) is 11.2. The molecule has 0 spiro atoms. The van der Waals surface area contributed by atoms with Crippen molar-refractivity contribution in [2.75, 3.05) is 0 Å². The molecule has 0 atom stereocenters. The van der Waals surface area contributed by atoms with Crippen molar-refractivity contribution < 1.29 is 0 Å². The third-order valence-corrected chi connectivity index (χ3v) is 9.36. The van der Waals surface area contributed by atoms with Crippen LogP contribution in [0.1, 0.15) is 0 Å². The Morgan fingerprint density at radius 2 is 0.580 bits per heavy atom. The first kappa shape index (κ1) is 29.4. The Hall–Kier alpha value is -6.71. The Balaban J connectivity index is 1.07. The maximum atomic E-state index is 5.02. The van der Waals surface area contributed by atoms with E-state index < -0.39 is 0 Å². The molecule has 0 unspecified atom stereocenters. The fraction of sp³-hybridized carbons (Fsp3) is 0. The summed E-state index contributed by atoms with van der Waals surface area (Å²) in [6.07, 6.45) is 0. The number of benzene rings is 8.